The van der Waals surface area contributed by atoms with Crippen LogP contribution in [-0.4, -0.2) is 30.8 Å². The van der Waals surface area contributed by atoms with E-state index in [1.54, 1.807) is 12.1 Å². The monoisotopic (exact) mass is 340 g/mol. The Morgan fingerprint density at radius 1 is 1.08 bits per heavy atom. The molecular formula is C18H16N2O5. The first-order valence-electron chi connectivity index (χ1n) is 7.72. The summed E-state index contributed by atoms with van der Waals surface area (Å²) in [5.74, 6) is -2.80. The van der Waals surface area contributed by atoms with Crippen molar-refractivity contribution in [3.8, 4) is 0 Å². The highest BCUT2D eigenvalue weighted by Crippen LogP contribution is 2.26. The van der Waals surface area contributed by atoms with Crippen molar-refractivity contribution < 1.29 is 23.9 Å². The number of rotatable bonds is 3. The molecule has 0 aromatic heterocycles. The summed E-state index contributed by atoms with van der Waals surface area (Å²) in [6.07, 6.45) is -0.141. The van der Waals surface area contributed by atoms with Crippen LogP contribution in [0.3, 0.4) is 0 Å². The second kappa shape index (κ2) is 6.72. The van der Waals surface area contributed by atoms with Crippen molar-refractivity contribution in [1.29, 1.82) is 0 Å². The van der Waals surface area contributed by atoms with Gasteiger partial charge >= 0.3 is 5.97 Å². The number of fused-ring (bicyclic) bond motifs is 1. The highest BCUT2D eigenvalue weighted by molar-refractivity contribution is 6.09. The molecular weight excluding hydrogens is 324 g/mol. The van der Waals surface area contributed by atoms with Gasteiger partial charge < -0.3 is 10.1 Å². The third-order valence-corrected chi connectivity index (χ3v) is 4.06. The third kappa shape index (κ3) is 3.50. The first-order valence-corrected chi connectivity index (χ1v) is 7.72. The maximum Gasteiger partial charge on any atom is 0.339 e. The first kappa shape index (κ1) is 16.6. The molecule has 1 heterocycles. The molecule has 0 spiro atoms. The van der Waals surface area contributed by atoms with Gasteiger partial charge in [0.15, 0.2) is 0 Å². The SMILES string of the molecule is COC(=O)c1cc2ccccc2cc1NC(=O)C1CC(=O)NC(=O)C1. The number of ether oxygens (including phenoxy) is 1. The minimum Gasteiger partial charge on any atom is -0.465 e. The lowest BCUT2D eigenvalue weighted by molar-refractivity contribution is -0.138. The molecule has 25 heavy (non-hydrogen) atoms. The summed E-state index contributed by atoms with van der Waals surface area (Å²) in [6.45, 7) is 0. The van der Waals surface area contributed by atoms with Crippen molar-refractivity contribution in [2.24, 2.45) is 5.92 Å². The van der Waals surface area contributed by atoms with Crippen molar-refractivity contribution in [2.45, 2.75) is 12.8 Å². The van der Waals surface area contributed by atoms with Crippen molar-refractivity contribution in [1.82, 2.24) is 5.32 Å². The van der Waals surface area contributed by atoms with Gasteiger partial charge in [0.1, 0.15) is 0 Å². The van der Waals surface area contributed by atoms with Crippen molar-refractivity contribution >= 4 is 40.2 Å². The Bertz CT molecular complexity index is 874. The number of amides is 3. The molecule has 128 valence electrons. The Morgan fingerprint density at radius 2 is 1.68 bits per heavy atom. The van der Waals surface area contributed by atoms with Crippen LogP contribution in [0.4, 0.5) is 5.69 Å². The lowest BCUT2D eigenvalue weighted by atomic mass is 9.95. The average molecular weight is 340 g/mol. The molecule has 0 aliphatic carbocycles. The fourth-order valence-corrected chi connectivity index (χ4v) is 2.82. The molecule has 2 aromatic rings. The van der Waals surface area contributed by atoms with Gasteiger partial charge in [0, 0.05) is 12.8 Å². The van der Waals surface area contributed by atoms with Crippen LogP contribution in [0, 0.1) is 5.92 Å². The van der Waals surface area contributed by atoms with Crippen LogP contribution in [0.2, 0.25) is 0 Å². The van der Waals surface area contributed by atoms with Crippen LogP contribution in [0.25, 0.3) is 10.8 Å². The smallest absolute Gasteiger partial charge is 0.339 e. The number of carbonyl (C=O) groups excluding carboxylic acids is 4. The third-order valence-electron chi connectivity index (χ3n) is 4.06. The van der Waals surface area contributed by atoms with Crippen LogP contribution in [0.15, 0.2) is 36.4 Å². The van der Waals surface area contributed by atoms with Crippen LogP contribution in [0.5, 0.6) is 0 Å². The Labute approximate surface area is 143 Å². The first-order chi connectivity index (χ1) is 12.0. The van der Waals surface area contributed by atoms with Crippen LogP contribution in [-0.2, 0) is 19.1 Å². The van der Waals surface area contributed by atoms with E-state index in [0.29, 0.717) is 0 Å². The van der Waals surface area contributed by atoms with Gasteiger partial charge in [0.05, 0.1) is 24.3 Å². The molecule has 3 amide bonds. The fourth-order valence-electron chi connectivity index (χ4n) is 2.82. The largest absolute Gasteiger partial charge is 0.465 e. The minimum atomic E-state index is -0.766. The van der Waals surface area contributed by atoms with Gasteiger partial charge in [-0.25, -0.2) is 4.79 Å². The maximum atomic E-state index is 12.5. The molecule has 0 saturated carbocycles. The Kier molecular flexibility index (Phi) is 4.47. The summed E-state index contributed by atoms with van der Waals surface area (Å²) in [6, 6.07) is 10.7. The van der Waals surface area contributed by atoms with Crippen molar-refractivity contribution in [3.05, 3.63) is 42.0 Å². The van der Waals surface area contributed by atoms with Gasteiger partial charge in [-0.05, 0) is 22.9 Å². The van der Waals surface area contributed by atoms with Gasteiger partial charge in [0.25, 0.3) is 0 Å². The van der Waals surface area contributed by atoms with E-state index in [1.807, 2.05) is 24.3 Å². The zero-order valence-corrected chi connectivity index (χ0v) is 13.5. The lowest BCUT2D eigenvalue weighted by Crippen LogP contribution is -2.42. The van der Waals surface area contributed by atoms with Gasteiger partial charge in [-0.1, -0.05) is 24.3 Å². The number of nitrogens with one attached hydrogen (secondary N) is 2. The molecule has 1 aliphatic rings. The topological polar surface area (TPSA) is 102 Å². The molecule has 7 heteroatoms. The summed E-state index contributed by atoms with van der Waals surface area (Å²) < 4.78 is 4.78. The minimum absolute atomic E-state index is 0.0707. The van der Waals surface area contributed by atoms with Gasteiger partial charge in [0.2, 0.25) is 17.7 Å². The van der Waals surface area contributed by atoms with Gasteiger partial charge in [-0.15, -0.1) is 0 Å². The van der Waals surface area contributed by atoms with E-state index in [4.69, 9.17) is 4.74 Å². The highest BCUT2D eigenvalue weighted by Gasteiger charge is 2.31. The molecule has 0 radical (unpaired) electrons. The number of imide groups is 1. The highest BCUT2D eigenvalue weighted by atomic mass is 16.5. The number of carbonyl (C=O) groups is 4. The summed E-state index contributed by atoms with van der Waals surface area (Å²) in [4.78, 5) is 47.4. The second-order valence-corrected chi connectivity index (χ2v) is 5.80. The normalized spacial score (nSPS) is 14.9. The van der Waals surface area contributed by atoms with Gasteiger partial charge in [-0.3, -0.25) is 19.7 Å². The number of esters is 1. The standard InChI is InChI=1S/C18H16N2O5/c1-25-18(24)13-6-10-4-2-3-5-11(10)7-14(13)19-17(23)12-8-15(21)20-16(22)9-12/h2-7,12H,8-9H2,1H3,(H,19,23)(H,20,21,22). The van der Waals surface area contributed by atoms with E-state index in [2.05, 4.69) is 10.6 Å². The van der Waals surface area contributed by atoms with E-state index < -0.39 is 29.6 Å². The second-order valence-electron chi connectivity index (χ2n) is 5.80. The van der Waals surface area contributed by atoms with Gasteiger partial charge in [-0.2, -0.15) is 0 Å². The molecule has 1 fully saturated rings. The molecule has 1 aliphatic heterocycles. The summed E-state index contributed by atoms with van der Waals surface area (Å²) in [7, 11) is 1.26. The number of piperidine rings is 1. The van der Waals surface area contributed by atoms with E-state index in [0.717, 1.165) is 10.8 Å². The molecule has 2 aromatic carbocycles. The maximum absolute atomic E-state index is 12.5. The number of methoxy groups -OCH3 is 1. The van der Waals surface area contributed by atoms with Crippen molar-refractivity contribution in [2.75, 3.05) is 12.4 Å². The quantitative estimate of drug-likeness (QED) is 0.653. The molecule has 3 rings (SSSR count). The fraction of sp³-hybridized carbons (Fsp3) is 0.222. The summed E-state index contributed by atoms with van der Waals surface area (Å²) in [5.41, 5.74) is 0.495. The van der Waals surface area contributed by atoms with Crippen LogP contribution in [0.1, 0.15) is 23.2 Å². The molecule has 2 N–H and O–H groups in total. The number of anilines is 1. The Balaban J connectivity index is 1.93. The van der Waals surface area contributed by atoms with Crippen LogP contribution >= 0.6 is 0 Å². The Hall–Kier alpha value is -3.22. The van der Waals surface area contributed by atoms with Crippen molar-refractivity contribution in [3.63, 3.8) is 0 Å². The predicted octanol–water partition coefficient (Wildman–Crippen LogP) is 1.62. The average Bonchev–Trinajstić information content (AvgIpc) is 2.59. The zero-order valence-electron chi connectivity index (χ0n) is 13.5. The zero-order chi connectivity index (χ0) is 18.0. The molecule has 0 atom stereocenters. The summed E-state index contributed by atoms with van der Waals surface area (Å²) in [5, 5.41) is 6.48. The lowest BCUT2D eigenvalue weighted by Gasteiger charge is -2.21. The molecule has 0 bridgehead atoms. The molecule has 7 nitrogen and oxygen atoms in total. The number of hydrogen-bond acceptors (Lipinski definition) is 5. The number of hydrogen-bond donors (Lipinski definition) is 2. The van der Waals surface area contributed by atoms with Crippen LogP contribution < -0.4 is 10.6 Å². The van der Waals surface area contributed by atoms with E-state index in [9.17, 15) is 19.2 Å². The van der Waals surface area contributed by atoms with E-state index in [-0.39, 0.29) is 24.1 Å². The number of benzene rings is 2. The predicted molar refractivity (Wildman–Crippen MR) is 89.8 cm³/mol. The molecule has 0 unspecified atom stereocenters. The summed E-state index contributed by atoms with van der Waals surface area (Å²) >= 11 is 0. The molecule has 1 saturated heterocycles. The van der Waals surface area contributed by atoms with E-state index in [1.165, 1.54) is 7.11 Å². The Morgan fingerprint density at radius 3 is 2.28 bits per heavy atom. The van der Waals surface area contributed by atoms with E-state index >= 15 is 0 Å².